The van der Waals surface area contributed by atoms with E-state index in [1.807, 2.05) is 6.92 Å². The van der Waals surface area contributed by atoms with Gasteiger partial charge in [0.05, 0.1) is 0 Å². The molecule has 2 nitrogen and oxygen atoms in total. The second-order valence-electron chi connectivity index (χ2n) is 4.44. The average molecular weight is 239 g/mol. The van der Waals surface area contributed by atoms with Crippen molar-refractivity contribution in [1.82, 2.24) is 0 Å². The fourth-order valence-corrected chi connectivity index (χ4v) is 1.95. The van der Waals surface area contributed by atoms with Crippen LogP contribution in [0.5, 0.6) is 0 Å². The molecule has 1 heterocycles. The third-order valence-electron chi connectivity index (χ3n) is 2.86. The van der Waals surface area contributed by atoms with Gasteiger partial charge in [0.1, 0.15) is 23.8 Å². The standard InChI is InChI=1S/C13H15F2NO/c1-3-4-12-16-13(2,8-17-12)10-7-9(14)5-6-11(10)15/h5-7H,3-4,8H2,1-2H3. The van der Waals surface area contributed by atoms with Gasteiger partial charge in [-0.2, -0.15) is 0 Å². The first-order chi connectivity index (χ1) is 8.05. The summed E-state index contributed by atoms with van der Waals surface area (Å²) in [5.41, 5.74) is -0.556. The third-order valence-corrected chi connectivity index (χ3v) is 2.86. The van der Waals surface area contributed by atoms with Crippen molar-refractivity contribution >= 4 is 5.90 Å². The van der Waals surface area contributed by atoms with Crippen molar-refractivity contribution in [2.24, 2.45) is 4.99 Å². The summed E-state index contributed by atoms with van der Waals surface area (Å²) >= 11 is 0. The first kappa shape index (κ1) is 12.0. The van der Waals surface area contributed by atoms with Crippen molar-refractivity contribution in [3.05, 3.63) is 35.4 Å². The van der Waals surface area contributed by atoms with Crippen molar-refractivity contribution in [1.29, 1.82) is 0 Å². The second kappa shape index (κ2) is 4.43. The quantitative estimate of drug-likeness (QED) is 0.792. The Morgan fingerprint density at radius 3 is 2.88 bits per heavy atom. The van der Waals surface area contributed by atoms with Gasteiger partial charge in [-0.05, 0) is 31.5 Å². The molecule has 1 unspecified atom stereocenters. The molecule has 0 amide bonds. The van der Waals surface area contributed by atoms with Gasteiger partial charge in [-0.25, -0.2) is 13.8 Å². The minimum atomic E-state index is -0.809. The van der Waals surface area contributed by atoms with E-state index < -0.39 is 17.2 Å². The molecule has 0 spiro atoms. The van der Waals surface area contributed by atoms with Crippen LogP contribution in [0.2, 0.25) is 0 Å². The van der Waals surface area contributed by atoms with E-state index >= 15 is 0 Å². The van der Waals surface area contributed by atoms with Crippen LogP contribution in [0.15, 0.2) is 23.2 Å². The predicted molar refractivity (Wildman–Crippen MR) is 62.0 cm³/mol. The lowest BCUT2D eigenvalue weighted by Crippen LogP contribution is -2.22. The SMILES string of the molecule is CCCC1=NC(C)(c2cc(F)ccc2F)CO1. The molecule has 2 rings (SSSR count). The van der Waals surface area contributed by atoms with Crippen LogP contribution in [0, 0.1) is 11.6 Å². The highest BCUT2D eigenvalue weighted by molar-refractivity contribution is 5.78. The molecule has 0 saturated heterocycles. The number of nitrogens with zero attached hydrogens (tertiary/aromatic N) is 1. The maximum atomic E-state index is 13.7. The highest BCUT2D eigenvalue weighted by atomic mass is 19.1. The lowest BCUT2D eigenvalue weighted by atomic mass is 9.93. The molecule has 1 aromatic carbocycles. The molecule has 4 heteroatoms. The molecule has 17 heavy (non-hydrogen) atoms. The van der Waals surface area contributed by atoms with Crippen LogP contribution in [0.25, 0.3) is 0 Å². The fraction of sp³-hybridized carbons (Fsp3) is 0.462. The van der Waals surface area contributed by atoms with Gasteiger partial charge in [0.2, 0.25) is 0 Å². The number of hydrogen-bond acceptors (Lipinski definition) is 2. The van der Waals surface area contributed by atoms with Crippen molar-refractivity contribution in [2.75, 3.05) is 6.61 Å². The fourth-order valence-electron chi connectivity index (χ4n) is 1.95. The van der Waals surface area contributed by atoms with Crippen molar-refractivity contribution in [3.8, 4) is 0 Å². The van der Waals surface area contributed by atoms with Crippen LogP contribution >= 0.6 is 0 Å². The maximum Gasteiger partial charge on any atom is 0.184 e. The minimum Gasteiger partial charge on any atom is -0.478 e. The van der Waals surface area contributed by atoms with Gasteiger partial charge >= 0.3 is 0 Å². The molecule has 0 aromatic heterocycles. The van der Waals surface area contributed by atoms with Crippen LogP contribution in [-0.4, -0.2) is 12.5 Å². The molecule has 0 fully saturated rings. The maximum absolute atomic E-state index is 13.7. The average Bonchev–Trinajstić information content (AvgIpc) is 2.66. The van der Waals surface area contributed by atoms with Crippen LogP contribution in [-0.2, 0) is 10.3 Å². The first-order valence-electron chi connectivity index (χ1n) is 5.72. The van der Waals surface area contributed by atoms with E-state index in [1.54, 1.807) is 6.92 Å². The predicted octanol–water partition coefficient (Wildman–Crippen LogP) is 3.41. The van der Waals surface area contributed by atoms with E-state index in [0.717, 1.165) is 25.0 Å². The zero-order valence-electron chi connectivity index (χ0n) is 9.96. The Balaban J connectivity index is 2.36. The van der Waals surface area contributed by atoms with Gasteiger partial charge < -0.3 is 4.74 Å². The van der Waals surface area contributed by atoms with Crippen molar-refractivity contribution in [3.63, 3.8) is 0 Å². The van der Waals surface area contributed by atoms with Gasteiger partial charge in [-0.15, -0.1) is 0 Å². The van der Waals surface area contributed by atoms with E-state index in [9.17, 15) is 8.78 Å². The summed E-state index contributed by atoms with van der Waals surface area (Å²) in [4.78, 5) is 4.37. The topological polar surface area (TPSA) is 21.6 Å². The molecule has 0 aliphatic carbocycles. The van der Waals surface area contributed by atoms with Gasteiger partial charge in [0, 0.05) is 12.0 Å². The van der Waals surface area contributed by atoms with Gasteiger partial charge in [0.15, 0.2) is 5.90 Å². The molecular formula is C13H15F2NO. The summed E-state index contributed by atoms with van der Waals surface area (Å²) in [6, 6.07) is 3.43. The number of rotatable bonds is 3. The van der Waals surface area contributed by atoms with E-state index in [4.69, 9.17) is 4.74 Å². The van der Waals surface area contributed by atoms with Crippen molar-refractivity contribution < 1.29 is 13.5 Å². The summed E-state index contributed by atoms with van der Waals surface area (Å²) in [6.45, 7) is 4.04. The number of aliphatic imine (C=N–C) groups is 1. The first-order valence-corrected chi connectivity index (χ1v) is 5.72. The van der Waals surface area contributed by atoms with E-state index in [-0.39, 0.29) is 12.2 Å². The Bertz CT molecular complexity index is 459. The number of halogens is 2. The van der Waals surface area contributed by atoms with E-state index in [0.29, 0.717) is 5.90 Å². The molecule has 1 aliphatic rings. The summed E-state index contributed by atoms with van der Waals surface area (Å²) in [5, 5.41) is 0. The second-order valence-corrected chi connectivity index (χ2v) is 4.44. The third kappa shape index (κ3) is 2.30. The largest absolute Gasteiger partial charge is 0.478 e. The molecule has 1 atom stereocenters. The number of benzene rings is 1. The zero-order chi connectivity index (χ0) is 12.5. The molecule has 92 valence electrons. The van der Waals surface area contributed by atoms with E-state index in [1.165, 1.54) is 6.07 Å². The van der Waals surface area contributed by atoms with Crippen LogP contribution in [0.1, 0.15) is 32.3 Å². The molecule has 0 N–H and O–H groups in total. The summed E-state index contributed by atoms with van der Waals surface area (Å²) < 4.78 is 32.3. The Hall–Kier alpha value is -1.45. The highest BCUT2D eigenvalue weighted by Gasteiger charge is 2.35. The minimum absolute atomic E-state index is 0.253. The summed E-state index contributed by atoms with van der Waals surface area (Å²) in [5.74, 6) is -0.278. The Labute approximate surface area is 99.3 Å². The lowest BCUT2D eigenvalue weighted by Gasteiger charge is -2.19. The van der Waals surface area contributed by atoms with E-state index in [2.05, 4.69) is 4.99 Å². The zero-order valence-corrected chi connectivity index (χ0v) is 9.96. The van der Waals surface area contributed by atoms with Gasteiger partial charge in [-0.1, -0.05) is 6.92 Å². The Morgan fingerprint density at radius 1 is 1.41 bits per heavy atom. The molecule has 1 aliphatic heterocycles. The molecule has 0 bridgehead atoms. The highest BCUT2D eigenvalue weighted by Crippen LogP contribution is 2.33. The Morgan fingerprint density at radius 2 is 2.18 bits per heavy atom. The lowest BCUT2D eigenvalue weighted by molar-refractivity contribution is 0.260. The molecule has 0 saturated carbocycles. The smallest absolute Gasteiger partial charge is 0.184 e. The molecule has 1 aromatic rings. The van der Waals surface area contributed by atoms with Crippen LogP contribution < -0.4 is 0 Å². The molecule has 0 radical (unpaired) electrons. The van der Waals surface area contributed by atoms with Gasteiger partial charge in [-0.3, -0.25) is 0 Å². The van der Waals surface area contributed by atoms with Gasteiger partial charge in [0.25, 0.3) is 0 Å². The molecular weight excluding hydrogens is 224 g/mol. The van der Waals surface area contributed by atoms with Crippen LogP contribution in [0.3, 0.4) is 0 Å². The summed E-state index contributed by atoms with van der Waals surface area (Å²) in [6.07, 6.45) is 1.65. The van der Waals surface area contributed by atoms with Crippen LogP contribution in [0.4, 0.5) is 8.78 Å². The van der Waals surface area contributed by atoms with Crippen molar-refractivity contribution in [2.45, 2.75) is 32.2 Å². The monoisotopic (exact) mass is 239 g/mol. The number of hydrogen-bond donors (Lipinski definition) is 0. The number of ether oxygens (including phenoxy) is 1. The normalized spacial score (nSPS) is 23.4. The summed E-state index contributed by atoms with van der Waals surface area (Å²) in [7, 11) is 0. The Kier molecular flexibility index (Phi) is 3.13.